The average Bonchev–Trinajstić information content (AvgIpc) is 2.34. The van der Waals surface area contributed by atoms with Crippen LogP contribution >= 0.6 is 0 Å². The monoisotopic (exact) mass is 155 g/mol. The van der Waals surface area contributed by atoms with Gasteiger partial charge in [0.2, 0.25) is 0 Å². The van der Waals surface area contributed by atoms with Gasteiger partial charge in [-0.3, -0.25) is 0 Å². The topological polar surface area (TPSA) is 35.2 Å². The van der Waals surface area contributed by atoms with Gasteiger partial charge in [0.05, 0.1) is 6.26 Å². The lowest BCUT2D eigenvalue weighted by Crippen LogP contribution is -2.38. The minimum Gasteiger partial charge on any atom is -0.496 e. The van der Waals surface area contributed by atoms with E-state index in [9.17, 15) is 0 Å². The number of hydrogen-bond donors (Lipinski definition) is 1. The van der Waals surface area contributed by atoms with Crippen molar-refractivity contribution in [3.05, 3.63) is 11.8 Å². The van der Waals surface area contributed by atoms with E-state index in [0.717, 1.165) is 6.42 Å². The van der Waals surface area contributed by atoms with E-state index >= 15 is 0 Å². The Balaban J connectivity index is 2.40. The van der Waals surface area contributed by atoms with Crippen molar-refractivity contribution in [1.82, 2.24) is 0 Å². The molecular formula is C9H17NO. The predicted molar refractivity (Wildman–Crippen MR) is 46.1 cm³/mol. The molecule has 2 atom stereocenters. The molecule has 0 aliphatic carbocycles. The second kappa shape index (κ2) is 3.26. The fraction of sp³-hybridized carbons (Fsp3) is 0.778. The van der Waals surface area contributed by atoms with E-state index in [1.54, 1.807) is 0 Å². The van der Waals surface area contributed by atoms with Crippen LogP contribution in [0.3, 0.4) is 0 Å². The van der Waals surface area contributed by atoms with Crippen molar-refractivity contribution in [3.63, 3.8) is 0 Å². The van der Waals surface area contributed by atoms with Crippen LogP contribution in [0, 0.1) is 5.92 Å². The molecule has 1 rings (SSSR count). The van der Waals surface area contributed by atoms with Crippen molar-refractivity contribution in [2.45, 2.75) is 39.3 Å². The quantitative estimate of drug-likeness (QED) is 0.658. The Morgan fingerprint density at radius 3 is 2.64 bits per heavy atom. The van der Waals surface area contributed by atoms with Crippen molar-refractivity contribution in [2.75, 3.05) is 0 Å². The molecule has 1 aliphatic heterocycles. The molecule has 0 amide bonds. The molecule has 0 saturated heterocycles. The van der Waals surface area contributed by atoms with Crippen molar-refractivity contribution >= 4 is 0 Å². The van der Waals surface area contributed by atoms with Gasteiger partial charge in [0.25, 0.3) is 0 Å². The first-order chi connectivity index (χ1) is 5.11. The van der Waals surface area contributed by atoms with Gasteiger partial charge in [-0.05, 0) is 18.4 Å². The maximum atomic E-state index is 5.93. The van der Waals surface area contributed by atoms with Crippen LogP contribution in [0.15, 0.2) is 11.8 Å². The highest BCUT2D eigenvalue weighted by atomic mass is 16.5. The Hall–Kier alpha value is -0.500. The SMILES string of the molecule is CC1=COC([C@H](N)C(C)C)C1. The summed E-state index contributed by atoms with van der Waals surface area (Å²) in [5.74, 6) is 0.499. The predicted octanol–water partition coefficient (Wildman–Crippen LogP) is 1.66. The molecule has 0 aromatic carbocycles. The summed E-state index contributed by atoms with van der Waals surface area (Å²) in [6.07, 6.45) is 3.04. The number of hydrogen-bond acceptors (Lipinski definition) is 2. The van der Waals surface area contributed by atoms with Gasteiger partial charge in [-0.25, -0.2) is 0 Å². The summed E-state index contributed by atoms with van der Waals surface area (Å²) in [5.41, 5.74) is 7.22. The fourth-order valence-electron chi connectivity index (χ4n) is 1.27. The molecule has 0 bridgehead atoms. The van der Waals surface area contributed by atoms with Crippen molar-refractivity contribution in [3.8, 4) is 0 Å². The van der Waals surface area contributed by atoms with Crippen LogP contribution in [-0.2, 0) is 4.74 Å². The summed E-state index contributed by atoms with van der Waals surface area (Å²) in [6.45, 7) is 6.33. The molecule has 0 spiro atoms. The van der Waals surface area contributed by atoms with Crippen LogP contribution in [0.1, 0.15) is 27.2 Å². The Morgan fingerprint density at radius 2 is 2.27 bits per heavy atom. The Bertz CT molecular complexity index is 163. The second-order valence-corrected chi connectivity index (χ2v) is 3.66. The molecule has 1 heterocycles. The standard InChI is InChI=1S/C9H17NO/c1-6(2)9(10)8-4-7(3)5-11-8/h5-6,8-9H,4,10H2,1-3H3/t8?,9-/m1/s1. The molecule has 11 heavy (non-hydrogen) atoms. The Morgan fingerprint density at radius 1 is 1.64 bits per heavy atom. The first kappa shape index (κ1) is 8.60. The van der Waals surface area contributed by atoms with Gasteiger partial charge in [-0.2, -0.15) is 0 Å². The summed E-state index contributed by atoms with van der Waals surface area (Å²) in [6, 6.07) is 0.170. The number of nitrogens with two attached hydrogens (primary N) is 1. The molecule has 2 heteroatoms. The first-order valence-electron chi connectivity index (χ1n) is 4.18. The maximum Gasteiger partial charge on any atom is 0.117 e. The molecular weight excluding hydrogens is 138 g/mol. The van der Waals surface area contributed by atoms with Gasteiger partial charge in [-0.1, -0.05) is 13.8 Å². The van der Waals surface area contributed by atoms with E-state index in [2.05, 4.69) is 20.8 Å². The normalized spacial score (nSPS) is 26.6. The lowest BCUT2D eigenvalue weighted by Gasteiger charge is -2.22. The molecule has 1 aliphatic rings. The molecule has 2 N–H and O–H groups in total. The van der Waals surface area contributed by atoms with Crippen molar-refractivity contribution in [1.29, 1.82) is 0 Å². The Kier molecular flexibility index (Phi) is 2.55. The van der Waals surface area contributed by atoms with Crippen molar-refractivity contribution in [2.24, 2.45) is 11.7 Å². The summed E-state index contributed by atoms with van der Waals surface area (Å²) in [7, 11) is 0. The first-order valence-corrected chi connectivity index (χ1v) is 4.18. The van der Waals surface area contributed by atoms with Crippen LogP contribution in [-0.4, -0.2) is 12.1 Å². The van der Waals surface area contributed by atoms with E-state index in [1.807, 2.05) is 6.26 Å². The lowest BCUT2D eigenvalue weighted by atomic mass is 9.96. The fourth-order valence-corrected chi connectivity index (χ4v) is 1.27. The molecule has 0 radical (unpaired) electrons. The van der Waals surface area contributed by atoms with E-state index in [0.29, 0.717) is 5.92 Å². The zero-order valence-electron chi connectivity index (χ0n) is 7.50. The van der Waals surface area contributed by atoms with Crippen LogP contribution < -0.4 is 5.73 Å². The summed E-state index contributed by atoms with van der Waals surface area (Å²) >= 11 is 0. The minimum atomic E-state index is 0.170. The highest BCUT2D eigenvalue weighted by molar-refractivity contribution is 5.03. The molecule has 0 saturated carbocycles. The van der Waals surface area contributed by atoms with Crippen LogP contribution in [0.4, 0.5) is 0 Å². The molecule has 0 aromatic rings. The zero-order chi connectivity index (χ0) is 8.43. The van der Waals surface area contributed by atoms with E-state index < -0.39 is 0 Å². The van der Waals surface area contributed by atoms with E-state index in [-0.39, 0.29) is 12.1 Å². The third-order valence-electron chi connectivity index (χ3n) is 2.17. The van der Waals surface area contributed by atoms with Gasteiger partial charge in [0.15, 0.2) is 0 Å². The van der Waals surface area contributed by atoms with E-state index in [4.69, 9.17) is 10.5 Å². The largest absolute Gasteiger partial charge is 0.496 e. The number of ether oxygens (including phenoxy) is 1. The maximum absolute atomic E-state index is 5.93. The third kappa shape index (κ3) is 1.96. The van der Waals surface area contributed by atoms with Crippen LogP contribution in [0.25, 0.3) is 0 Å². The van der Waals surface area contributed by atoms with Gasteiger partial charge < -0.3 is 10.5 Å². The summed E-state index contributed by atoms with van der Waals surface area (Å²) < 4.78 is 5.40. The highest BCUT2D eigenvalue weighted by Crippen LogP contribution is 2.21. The third-order valence-corrected chi connectivity index (χ3v) is 2.17. The van der Waals surface area contributed by atoms with Crippen LogP contribution in [0.5, 0.6) is 0 Å². The number of rotatable bonds is 2. The molecule has 0 fully saturated rings. The van der Waals surface area contributed by atoms with Crippen LogP contribution in [0.2, 0.25) is 0 Å². The Labute approximate surface area is 68.4 Å². The van der Waals surface area contributed by atoms with Gasteiger partial charge in [0, 0.05) is 12.5 Å². The molecule has 1 unspecified atom stereocenters. The second-order valence-electron chi connectivity index (χ2n) is 3.66. The summed E-state index contributed by atoms with van der Waals surface area (Å²) in [4.78, 5) is 0. The van der Waals surface area contributed by atoms with Gasteiger partial charge in [-0.15, -0.1) is 0 Å². The van der Waals surface area contributed by atoms with Gasteiger partial charge in [0.1, 0.15) is 6.10 Å². The minimum absolute atomic E-state index is 0.170. The summed E-state index contributed by atoms with van der Waals surface area (Å²) in [5, 5.41) is 0. The zero-order valence-corrected chi connectivity index (χ0v) is 7.50. The van der Waals surface area contributed by atoms with Gasteiger partial charge >= 0.3 is 0 Å². The molecule has 64 valence electrons. The molecule has 0 aromatic heterocycles. The smallest absolute Gasteiger partial charge is 0.117 e. The lowest BCUT2D eigenvalue weighted by molar-refractivity contribution is 0.124. The highest BCUT2D eigenvalue weighted by Gasteiger charge is 2.25. The van der Waals surface area contributed by atoms with Crippen molar-refractivity contribution < 1.29 is 4.74 Å². The molecule has 2 nitrogen and oxygen atoms in total. The van der Waals surface area contributed by atoms with E-state index in [1.165, 1.54) is 5.57 Å². The average molecular weight is 155 g/mol.